The van der Waals surface area contributed by atoms with Gasteiger partial charge in [0.2, 0.25) is 0 Å². The van der Waals surface area contributed by atoms with E-state index in [-0.39, 0.29) is 17.1 Å². The average Bonchev–Trinajstić information content (AvgIpc) is 3.33. The van der Waals surface area contributed by atoms with Gasteiger partial charge in [0.25, 0.3) is 0 Å². The second kappa shape index (κ2) is 9.10. The standard InChI is InChI=1S/C24H26ClN5OS/c1-14-21(19-8-6-7-9-20(19)26-14)22(31)16(3)32-24-28-27-23(15(2)29(4)5)30(24)18-12-10-17(25)11-13-18/h6-13,15-16,26H,1-5H3. The first-order valence-corrected chi connectivity index (χ1v) is 11.7. The summed E-state index contributed by atoms with van der Waals surface area (Å²) in [7, 11) is 4.01. The molecule has 4 aromatic rings. The summed E-state index contributed by atoms with van der Waals surface area (Å²) in [5, 5.41) is 10.9. The third-order valence-electron chi connectivity index (χ3n) is 5.68. The largest absolute Gasteiger partial charge is 0.358 e. The Balaban J connectivity index is 1.71. The molecule has 2 unspecified atom stereocenters. The van der Waals surface area contributed by atoms with Crippen LogP contribution in [-0.2, 0) is 0 Å². The lowest BCUT2D eigenvalue weighted by Crippen LogP contribution is -2.21. The van der Waals surface area contributed by atoms with Gasteiger partial charge in [-0.05, 0) is 65.2 Å². The van der Waals surface area contributed by atoms with Gasteiger partial charge in [0, 0.05) is 32.9 Å². The topological polar surface area (TPSA) is 66.8 Å². The Bertz CT molecular complexity index is 1260. The third kappa shape index (κ3) is 4.20. The van der Waals surface area contributed by atoms with Gasteiger partial charge in [0.15, 0.2) is 16.8 Å². The maximum absolute atomic E-state index is 13.5. The highest BCUT2D eigenvalue weighted by Crippen LogP contribution is 2.32. The summed E-state index contributed by atoms with van der Waals surface area (Å²) in [6.07, 6.45) is 0. The monoisotopic (exact) mass is 467 g/mol. The van der Waals surface area contributed by atoms with Crippen molar-refractivity contribution in [3.05, 3.63) is 70.6 Å². The number of fused-ring (bicyclic) bond motifs is 1. The predicted molar refractivity (Wildman–Crippen MR) is 131 cm³/mol. The molecule has 1 N–H and O–H groups in total. The Kier molecular flexibility index (Phi) is 6.42. The lowest BCUT2D eigenvalue weighted by atomic mass is 10.1. The molecule has 6 nitrogen and oxygen atoms in total. The van der Waals surface area contributed by atoms with Gasteiger partial charge in [-0.1, -0.05) is 41.6 Å². The summed E-state index contributed by atoms with van der Waals surface area (Å²) in [6.45, 7) is 5.94. The lowest BCUT2D eigenvalue weighted by molar-refractivity contribution is 0.0995. The molecule has 0 radical (unpaired) electrons. The number of Topliss-reactive ketones (excluding diaryl/α,β-unsaturated/α-hetero) is 1. The number of H-pyrrole nitrogens is 1. The molecule has 2 atom stereocenters. The average molecular weight is 468 g/mol. The van der Waals surface area contributed by atoms with Crippen LogP contribution >= 0.6 is 23.4 Å². The van der Waals surface area contributed by atoms with Gasteiger partial charge in [0.1, 0.15) is 0 Å². The van der Waals surface area contributed by atoms with E-state index < -0.39 is 0 Å². The molecule has 0 aliphatic carbocycles. The fourth-order valence-corrected chi connectivity index (χ4v) is 4.76. The number of aromatic amines is 1. The summed E-state index contributed by atoms with van der Waals surface area (Å²) in [6, 6.07) is 15.5. The molecule has 2 aromatic heterocycles. The minimum absolute atomic E-state index is 0.0365. The van der Waals surface area contributed by atoms with Crippen LogP contribution in [-0.4, -0.2) is 49.8 Å². The van der Waals surface area contributed by atoms with Crippen LogP contribution in [0.5, 0.6) is 0 Å². The van der Waals surface area contributed by atoms with Crippen molar-refractivity contribution in [3.63, 3.8) is 0 Å². The van der Waals surface area contributed by atoms with Gasteiger partial charge in [-0.3, -0.25) is 14.3 Å². The number of thioether (sulfide) groups is 1. The number of benzene rings is 2. The number of halogens is 1. The molecule has 2 aromatic carbocycles. The highest BCUT2D eigenvalue weighted by Gasteiger charge is 2.27. The number of aromatic nitrogens is 4. The number of para-hydroxylation sites is 1. The predicted octanol–water partition coefficient (Wildman–Crippen LogP) is 5.70. The van der Waals surface area contributed by atoms with E-state index in [9.17, 15) is 4.79 Å². The van der Waals surface area contributed by atoms with Crippen molar-refractivity contribution >= 4 is 40.0 Å². The lowest BCUT2D eigenvalue weighted by Gasteiger charge is -2.21. The van der Waals surface area contributed by atoms with Crippen LogP contribution in [0.3, 0.4) is 0 Å². The molecule has 32 heavy (non-hydrogen) atoms. The van der Waals surface area contributed by atoms with E-state index >= 15 is 0 Å². The number of carbonyl (C=O) groups is 1. The normalized spacial score (nSPS) is 13.6. The second-order valence-electron chi connectivity index (χ2n) is 8.09. The number of rotatable bonds is 7. The Morgan fingerprint density at radius 2 is 1.78 bits per heavy atom. The first-order valence-electron chi connectivity index (χ1n) is 10.4. The molecule has 0 fully saturated rings. The third-order valence-corrected chi connectivity index (χ3v) is 6.98. The fraction of sp³-hybridized carbons (Fsp3) is 0.292. The number of hydrogen-bond acceptors (Lipinski definition) is 5. The highest BCUT2D eigenvalue weighted by atomic mass is 35.5. The van der Waals surface area contributed by atoms with Crippen molar-refractivity contribution < 1.29 is 4.79 Å². The maximum Gasteiger partial charge on any atom is 0.196 e. The molecule has 0 amide bonds. The molecule has 2 heterocycles. The molecule has 0 saturated carbocycles. The van der Waals surface area contributed by atoms with Crippen LogP contribution in [0.4, 0.5) is 0 Å². The van der Waals surface area contributed by atoms with E-state index in [1.807, 2.05) is 81.0 Å². The van der Waals surface area contributed by atoms with Crippen molar-refractivity contribution in [3.8, 4) is 5.69 Å². The summed E-state index contributed by atoms with van der Waals surface area (Å²) in [4.78, 5) is 18.9. The van der Waals surface area contributed by atoms with Crippen molar-refractivity contribution in [2.45, 2.75) is 37.2 Å². The molecule has 8 heteroatoms. The smallest absolute Gasteiger partial charge is 0.196 e. The van der Waals surface area contributed by atoms with Gasteiger partial charge < -0.3 is 4.98 Å². The van der Waals surface area contributed by atoms with Gasteiger partial charge in [-0.15, -0.1) is 10.2 Å². The van der Waals surface area contributed by atoms with E-state index in [0.29, 0.717) is 10.2 Å². The van der Waals surface area contributed by atoms with E-state index in [0.717, 1.165) is 33.7 Å². The zero-order valence-corrected chi connectivity index (χ0v) is 20.3. The van der Waals surface area contributed by atoms with E-state index in [2.05, 4.69) is 27.0 Å². The number of nitrogens with one attached hydrogen (secondary N) is 1. The molecule has 0 bridgehead atoms. The van der Waals surface area contributed by atoms with Crippen molar-refractivity contribution in [1.82, 2.24) is 24.6 Å². The summed E-state index contributed by atoms with van der Waals surface area (Å²) in [5.41, 5.74) is 3.50. The van der Waals surface area contributed by atoms with Crippen molar-refractivity contribution in [2.75, 3.05) is 14.1 Å². The van der Waals surface area contributed by atoms with Crippen LogP contribution in [0.25, 0.3) is 16.6 Å². The van der Waals surface area contributed by atoms with Crippen LogP contribution < -0.4 is 0 Å². The molecule has 0 saturated heterocycles. The molecular formula is C24H26ClN5OS. The molecule has 0 aliphatic heterocycles. The number of carbonyl (C=O) groups excluding carboxylic acids is 1. The first kappa shape index (κ1) is 22.6. The summed E-state index contributed by atoms with van der Waals surface area (Å²) in [5.74, 6) is 0.876. The first-order chi connectivity index (χ1) is 15.3. The van der Waals surface area contributed by atoms with Gasteiger partial charge in [-0.25, -0.2) is 0 Å². The Morgan fingerprint density at radius 1 is 1.09 bits per heavy atom. The molecule has 0 aliphatic rings. The highest BCUT2D eigenvalue weighted by molar-refractivity contribution is 8.00. The van der Waals surface area contributed by atoms with Crippen LogP contribution in [0.15, 0.2) is 53.7 Å². The zero-order chi connectivity index (χ0) is 23.0. The molecular weight excluding hydrogens is 442 g/mol. The number of aryl methyl sites for hydroxylation is 1. The quantitative estimate of drug-likeness (QED) is 0.279. The van der Waals surface area contributed by atoms with E-state index in [1.165, 1.54) is 11.8 Å². The zero-order valence-electron chi connectivity index (χ0n) is 18.8. The summed E-state index contributed by atoms with van der Waals surface area (Å²) < 4.78 is 2.01. The Labute approximate surface area is 197 Å². The summed E-state index contributed by atoms with van der Waals surface area (Å²) >= 11 is 7.53. The Morgan fingerprint density at radius 3 is 2.47 bits per heavy atom. The Hall–Kier alpha value is -2.61. The molecule has 166 valence electrons. The maximum atomic E-state index is 13.5. The van der Waals surface area contributed by atoms with E-state index in [1.54, 1.807) is 0 Å². The SMILES string of the molecule is Cc1[nH]c2ccccc2c1C(=O)C(C)Sc1nnc(C(C)N(C)C)n1-c1ccc(Cl)cc1. The number of ketones is 1. The second-order valence-corrected chi connectivity index (χ2v) is 9.83. The van der Waals surface area contributed by atoms with E-state index in [4.69, 9.17) is 11.6 Å². The minimum Gasteiger partial charge on any atom is -0.358 e. The molecule has 0 spiro atoms. The van der Waals surface area contributed by atoms with Gasteiger partial charge >= 0.3 is 0 Å². The van der Waals surface area contributed by atoms with Crippen molar-refractivity contribution in [1.29, 1.82) is 0 Å². The minimum atomic E-state index is -0.342. The molecule has 4 rings (SSSR count). The van der Waals surface area contributed by atoms with Crippen LogP contribution in [0, 0.1) is 6.92 Å². The number of nitrogens with zero attached hydrogens (tertiary/aromatic N) is 4. The number of hydrogen-bond donors (Lipinski definition) is 1. The fourth-order valence-electron chi connectivity index (χ4n) is 3.70. The van der Waals surface area contributed by atoms with Gasteiger partial charge in [0.05, 0.1) is 11.3 Å². The van der Waals surface area contributed by atoms with Crippen LogP contribution in [0.2, 0.25) is 5.02 Å². The van der Waals surface area contributed by atoms with Crippen LogP contribution in [0.1, 0.15) is 41.8 Å². The van der Waals surface area contributed by atoms with Crippen molar-refractivity contribution in [2.24, 2.45) is 0 Å². The van der Waals surface area contributed by atoms with Gasteiger partial charge in [-0.2, -0.15) is 0 Å².